The molecule has 0 aromatic carbocycles. The van der Waals surface area contributed by atoms with Crippen LogP contribution in [-0.4, -0.2) is 4.98 Å². The number of nitrogens with zero attached hydrogens (tertiary/aromatic N) is 1. The van der Waals surface area contributed by atoms with Crippen molar-refractivity contribution in [3.63, 3.8) is 0 Å². The van der Waals surface area contributed by atoms with Crippen LogP contribution < -0.4 is 5.32 Å². The Hall–Kier alpha value is -0.870. The predicted molar refractivity (Wildman–Crippen MR) is 73.0 cm³/mol. The molecule has 1 N–H and O–H groups in total. The van der Waals surface area contributed by atoms with E-state index in [1.165, 1.54) is 4.88 Å². The second kappa shape index (κ2) is 4.97. The van der Waals surface area contributed by atoms with Crippen LogP contribution in [0, 0.1) is 6.92 Å². The highest BCUT2D eigenvalue weighted by Gasteiger charge is 2.09. The Morgan fingerprint density at radius 2 is 2.31 bits per heavy atom. The molecule has 0 aliphatic carbocycles. The van der Waals surface area contributed by atoms with Crippen molar-refractivity contribution in [1.29, 1.82) is 0 Å². The van der Waals surface area contributed by atoms with Gasteiger partial charge in [-0.15, -0.1) is 11.3 Å². The number of thiophene rings is 1. The molecule has 2 heterocycles. The zero-order chi connectivity index (χ0) is 11.5. The highest BCUT2D eigenvalue weighted by molar-refractivity contribution is 9.10. The van der Waals surface area contributed by atoms with Crippen molar-refractivity contribution in [3.8, 4) is 0 Å². The minimum atomic E-state index is 0.284. The van der Waals surface area contributed by atoms with Crippen LogP contribution in [0.3, 0.4) is 0 Å². The number of hydrogen-bond acceptors (Lipinski definition) is 3. The number of halogens is 1. The van der Waals surface area contributed by atoms with Gasteiger partial charge in [0.15, 0.2) is 0 Å². The summed E-state index contributed by atoms with van der Waals surface area (Å²) in [6.07, 6.45) is 1.87. The second-order valence-corrected chi connectivity index (χ2v) is 5.56. The molecule has 84 valence electrons. The van der Waals surface area contributed by atoms with Gasteiger partial charge in [-0.3, -0.25) is 0 Å². The fourth-order valence-corrected chi connectivity index (χ4v) is 2.77. The zero-order valence-electron chi connectivity index (χ0n) is 9.20. The molecule has 0 amide bonds. The van der Waals surface area contributed by atoms with Crippen molar-refractivity contribution < 1.29 is 0 Å². The first-order chi connectivity index (χ1) is 7.66. The van der Waals surface area contributed by atoms with Crippen LogP contribution in [0.15, 0.2) is 34.2 Å². The molecule has 0 aliphatic rings. The molecular weight excluding hydrogens is 284 g/mol. The summed E-state index contributed by atoms with van der Waals surface area (Å²) in [6, 6.07) is 6.54. The maximum absolute atomic E-state index is 4.37. The molecule has 2 rings (SSSR count). The third kappa shape index (κ3) is 2.62. The topological polar surface area (TPSA) is 24.9 Å². The molecule has 2 aromatic heterocycles. The summed E-state index contributed by atoms with van der Waals surface area (Å²) in [7, 11) is 0. The van der Waals surface area contributed by atoms with E-state index in [1.54, 1.807) is 11.3 Å². The lowest BCUT2D eigenvalue weighted by atomic mass is 10.2. The predicted octanol–water partition coefficient (Wildman–Crippen LogP) is 4.39. The number of aryl methyl sites for hydroxylation is 1. The molecule has 0 fully saturated rings. The highest BCUT2D eigenvalue weighted by Crippen LogP contribution is 2.26. The summed E-state index contributed by atoms with van der Waals surface area (Å²) in [5.74, 6) is 0.895. The molecule has 4 heteroatoms. The summed E-state index contributed by atoms with van der Waals surface area (Å²) >= 11 is 5.27. The molecular formula is C12H13BrN2S. The van der Waals surface area contributed by atoms with Gasteiger partial charge in [-0.05, 0) is 52.9 Å². The second-order valence-electron chi connectivity index (χ2n) is 3.72. The molecule has 0 saturated heterocycles. The van der Waals surface area contributed by atoms with E-state index >= 15 is 0 Å². The van der Waals surface area contributed by atoms with Crippen molar-refractivity contribution in [2.75, 3.05) is 5.32 Å². The Morgan fingerprint density at radius 3 is 2.94 bits per heavy atom. The minimum absolute atomic E-state index is 0.284. The lowest BCUT2D eigenvalue weighted by molar-refractivity contribution is 0.894. The first-order valence-corrected chi connectivity index (χ1v) is 6.76. The normalized spacial score (nSPS) is 12.4. The van der Waals surface area contributed by atoms with Gasteiger partial charge in [0.1, 0.15) is 5.82 Å². The van der Waals surface area contributed by atoms with Gasteiger partial charge in [-0.25, -0.2) is 4.98 Å². The Bertz CT molecular complexity index is 468. The van der Waals surface area contributed by atoms with Gasteiger partial charge in [-0.1, -0.05) is 6.07 Å². The monoisotopic (exact) mass is 296 g/mol. The quantitative estimate of drug-likeness (QED) is 0.909. The molecule has 0 aliphatic heterocycles. The maximum atomic E-state index is 4.37. The van der Waals surface area contributed by atoms with Gasteiger partial charge in [0.25, 0.3) is 0 Å². The molecule has 0 radical (unpaired) electrons. The van der Waals surface area contributed by atoms with E-state index < -0.39 is 0 Å². The number of rotatable bonds is 3. The summed E-state index contributed by atoms with van der Waals surface area (Å²) < 4.78 is 1.01. The van der Waals surface area contributed by atoms with Gasteiger partial charge >= 0.3 is 0 Å². The van der Waals surface area contributed by atoms with Crippen LogP contribution in [0.1, 0.15) is 23.4 Å². The molecule has 1 unspecified atom stereocenters. The number of anilines is 1. The molecule has 0 bridgehead atoms. The first kappa shape index (κ1) is 11.6. The Kier molecular flexibility index (Phi) is 3.61. The highest BCUT2D eigenvalue weighted by atomic mass is 79.9. The van der Waals surface area contributed by atoms with Crippen LogP contribution in [-0.2, 0) is 0 Å². The summed E-state index contributed by atoms with van der Waals surface area (Å²) in [5, 5.41) is 5.48. The standard InChI is InChI=1S/C12H13BrN2S/c1-8-6-10(13)12(14-7-8)15-9(2)11-4-3-5-16-11/h3-7,9H,1-2H3,(H,14,15). The maximum Gasteiger partial charge on any atom is 0.140 e. The van der Waals surface area contributed by atoms with E-state index in [0.717, 1.165) is 15.9 Å². The van der Waals surface area contributed by atoms with Gasteiger partial charge in [0, 0.05) is 11.1 Å². The zero-order valence-corrected chi connectivity index (χ0v) is 11.6. The van der Waals surface area contributed by atoms with E-state index in [4.69, 9.17) is 0 Å². The number of nitrogens with one attached hydrogen (secondary N) is 1. The molecule has 0 saturated carbocycles. The lowest BCUT2D eigenvalue weighted by Gasteiger charge is -2.14. The van der Waals surface area contributed by atoms with Crippen molar-refractivity contribution in [2.45, 2.75) is 19.9 Å². The van der Waals surface area contributed by atoms with Crippen molar-refractivity contribution in [1.82, 2.24) is 4.98 Å². The van der Waals surface area contributed by atoms with Gasteiger partial charge in [0.05, 0.1) is 10.5 Å². The summed E-state index contributed by atoms with van der Waals surface area (Å²) in [6.45, 7) is 4.17. The summed E-state index contributed by atoms with van der Waals surface area (Å²) in [5.41, 5.74) is 1.15. The van der Waals surface area contributed by atoms with Gasteiger partial charge in [-0.2, -0.15) is 0 Å². The van der Waals surface area contributed by atoms with Crippen molar-refractivity contribution in [2.24, 2.45) is 0 Å². The summed E-state index contributed by atoms with van der Waals surface area (Å²) in [4.78, 5) is 5.69. The fourth-order valence-electron chi connectivity index (χ4n) is 1.45. The van der Waals surface area contributed by atoms with Crippen LogP contribution in [0.25, 0.3) is 0 Å². The molecule has 0 spiro atoms. The third-order valence-electron chi connectivity index (χ3n) is 2.30. The van der Waals surface area contributed by atoms with Gasteiger partial charge in [0.2, 0.25) is 0 Å². The van der Waals surface area contributed by atoms with Gasteiger partial charge < -0.3 is 5.32 Å². The first-order valence-electron chi connectivity index (χ1n) is 5.09. The largest absolute Gasteiger partial charge is 0.362 e. The number of pyridine rings is 1. The van der Waals surface area contributed by atoms with E-state index in [-0.39, 0.29) is 6.04 Å². The molecule has 2 nitrogen and oxygen atoms in total. The average molecular weight is 297 g/mol. The minimum Gasteiger partial charge on any atom is -0.362 e. The van der Waals surface area contributed by atoms with Crippen LogP contribution in [0.4, 0.5) is 5.82 Å². The Balaban J connectivity index is 2.15. The Labute approximate surface area is 108 Å². The fraction of sp³-hybridized carbons (Fsp3) is 0.250. The molecule has 16 heavy (non-hydrogen) atoms. The van der Waals surface area contributed by atoms with Crippen molar-refractivity contribution in [3.05, 3.63) is 44.7 Å². The smallest absolute Gasteiger partial charge is 0.140 e. The van der Waals surface area contributed by atoms with E-state index in [2.05, 4.69) is 56.7 Å². The SMILES string of the molecule is Cc1cnc(NC(C)c2cccs2)c(Br)c1. The lowest BCUT2D eigenvalue weighted by Crippen LogP contribution is -2.06. The molecule has 1 atom stereocenters. The van der Waals surface area contributed by atoms with Crippen LogP contribution in [0.5, 0.6) is 0 Å². The van der Waals surface area contributed by atoms with E-state index in [9.17, 15) is 0 Å². The number of hydrogen-bond donors (Lipinski definition) is 1. The van der Waals surface area contributed by atoms with E-state index in [0.29, 0.717) is 0 Å². The van der Waals surface area contributed by atoms with E-state index in [1.807, 2.05) is 13.1 Å². The average Bonchev–Trinajstić information content (AvgIpc) is 2.75. The third-order valence-corrected chi connectivity index (χ3v) is 3.96. The van der Waals surface area contributed by atoms with Crippen molar-refractivity contribution >= 4 is 33.1 Å². The Morgan fingerprint density at radius 1 is 1.50 bits per heavy atom. The van der Waals surface area contributed by atoms with Crippen LogP contribution >= 0.6 is 27.3 Å². The van der Waals surface area contributed by atoms with Crippen LogP contribution in [0.2, 0.25) is 0 Å². The molecule has 2 aromatic rings. The number of aromatic nitrogens is 1.